The highest BCUT2D eigenvalue weighted by Gasteiger charge is 2.58. The van der Waals surface area contributed by atoms with Crippen LogP contribution in [-0.4, -0.2) is 93.1 Å². The van der Waals surface area contributed by atoms with Crippen LogP contribution in [0.3, 0.4) is 0 Å². The summed E-state index contributed by atoms with van der Waals surface area (Å²) in [5, 5.41) is 45.2. The van der Waals surface area contributed by atoms with Gasteiger partial charge in [-0.1, -0.05) is 6.42 Å². The SMILES string of the molecule is CN(C)[C@H](CO)[C@@H]1C[C@@H]2Cc3c(CN4CCCCC4)cc(-c4ccoc4)c(O)c3C(=O)C2=C(O)[C@]1(O)C(=O)CC(N)=O. The van der Waals surface area contributed by atoms with E-state index in [0.717, 1.165) is 37.9 Å². The molecule has 6 N–H and O–H groups in total. The standard InChI is InChI=1S/C31H39N3O8/c1-33(2)23(15-35)22-12-18-10-20-19(14-34-7-4-3-5-8-34)11-21(17-6-9-42-16-17)28(38)27(20)29(39)26(18)30(40)31(22,41)24(36)13-25(32)37/h6,9,11,16,18,22-23,35,38,40-41H,3-5,7-8,10,12-15H2,1-2H3,(H2,32,37)/t18-,22-,23+,31+/m0/s1. The highest BCUT2D eigenvalue weighted by atomic mass is 16.3. The van der Waals surface area contributed by atoms with Gasteiger partial charge in [-0.3, -0.25) is 19.3 Å². The fourth-order valence-electron chi connectivity index (χ4n) is 7.13. The van der Waals surface area contributed by atoms with E-state index in [1.165, 1.54) is 12.5 Å². The maximum Gasteiger partial charge on any atom is 0.225 e. The Morgan fingerprint density at radius 1 is 1.21 bits per heavy atom. The van der Waals surface area contributed by atoms with Crippen molar-refractivity contribution in [1.82, 2.24) is 9.80 Å². The summed E-state index contributed by atoms with van der Waals surface area (Å²) in [6.07, 6.45) is 5.73. The number of piperidine rings is 1. The van der Waals surface area contributed by atoms with Crippen molar-refractivity contribution in [2.45, 2.75) is 56.7 Å². The first-order valence-corrected chi connectivity index (χ1v) is 14.4. The molecule has 2 aliphatic carbocycles. The molecule has 5 rings (SSSR count). The number of rotatable bonds is 9. The van der Waals surface area contributed by atoms with Crippen LogP contribution in [0.5, 0.6) is 5.75 Å². The number of hydrogen-bond donors (Lipinski definition) is 5. The fraction of sp³-hybridized carbons (Fsp3) is 0.516. The zero-order valence-corrected chi connectivity index (χ0v) is 24.0. The number of fused-ring (bicyclic) bond motifs is 2. The van der Waals surface area contributed by atoms with Crippen molar-refractivity contribution in [3.63, 3.8) is 0 Å². The minimum atomic E-state index is -2.64. The average molecular weight is 582 g/mol. The average Bonchev–Trinajstić information content (AvgIpc) is 3.48. The highest BCUT2D eigenvalue weighted by Crippen LogP contribution is 2.51. The molecular weight excluding hydrogens is 542 g/mol. The van der Waals surface area contributed by atoms with Gasteiger partial charge in [-0.25, -0.2) is 0 Å². The molecule has 2 heterocycles. The van der Waals surface area contributed by atoms with Gasteiger partial charge >= 0.3 is 0 Å². The molecule has 0 saturated carbocycles. The molecule has 2 aromatic rings. The Labute approximate surface area is 244 Å². The van der Waals surface area contributed by atoms with Crippen LogP contribution < -0.4 is 5.73 Å². The maximum absolute atomic E-state index is 14.3. The van der Waals surface area contributed by atoms with E-state index in [2.05, 4.69) is 4.90 Å². The Kier molecular flexibility index (Phi) is 8.30. The normalized spacial score (nSPS) is 25.3. The Morgan fingerprint density at radius 2 is 1.93 bits per heavy atom. The molecule has 0 spiro atoms. The van der Waals surface area contributed by atoms with E-state index < -0.39 is 59.7 Å². The third-order valence-corrected chi connectivity index (χ3v) is 9.27. The number of allylic oxidation sites excluding steroid dienone is 1. The van der Waals surface area contributed by atoms with Gasteiger partial charge in [0.25, 0.3) is 0 Å². The number of phenolic OH excluding ortho intramolecular Hbond substituents is 1. The summed E-state index contributed by atoms with van der Waals surface area (Å²) in [4.78, 5) is 43.3. The number of nitrogens with two attached hydrogens (primary N) is 1. The Balaban J connectivity index is 1.69. The Bertz CT molecular complexity index is 1410. The van der Waals surface area contributed by atoms with Crippen LogP contribution >= 0.6 is 0 Å². The highest BCUT2D eigenvalue weighted by molar-refractivity contribution is 6.16. The van der Waals surface area contributed by atoms with E-state index >= 15 is 0 Å². The lowest BCUT2D eigenvalue weighted by Gasteiger charge is -2.47. The Hall–Kier alpha value is -3.51. The summed E-state index contributed by atoms with van der Waals surface area (Å²) < 4.78 is 5.25. The molecular formula is C31H39N3O8. The van der Waals surface area contributed by atoms with Crippen molar-refractivity contribution in [2.75, 3.05) is 33.8 Å². The number of Topliss-reactive ketones (excluding diaryl/α,β-unsaturated/α-hetero) is 2. The van der Waals surface area contributed by atoms with E-state index in [0.29, 0.717) is 23.2 Å². The predicted molar refractivity (Wildman–Crippen MR) is 153 cm³/mol. The quantitative estimate of drug-likeness (QED) is 0.275. The molecule has 226 valence electrons. The second kappa shape index (κ2) is 11.6. The van der Waals surface area contributed by atoms with Crippen LogP contribution in [0, 0.1) is 11.8 Å². The number of ketones is 2. The van der Waals surface area contributed by atoms with Crippen LogP contribution in [0.4, 0.5) is 0 Å². The molecule has 0 unspecified atom stereocenters. The molecule has 42 heavy (non-hydrogen) atoms. The van der Waals surface area contributed by atoms with Crippen LogP contribution in [0.1, 0.15) is 53.6 Å². The van der Waals surface area contributed by atoms with Crippen molar-refractivity contribution in [2.24, 2.45) is 17.6 Å². The van der Waals surface area contributed by atoms with E-state index in [1.807, 2.05) is 6.07 Å². The minimum Gasteiger partial charge on any atom is -0.508 e. The first-order valence-electron chi connectivity index (χ1n) is 14.4. The summed E-state index contributed by atoms with van der Waals surface area (Å²) in [5.74, 6) is -5.51. The molecule has 11 nitrogen and oxygen atoms in total. The molecule has 1 aromatic heterocycles. The van der Waals surface area contributed by atoms with Gasteiger partial charge in [0, 0.05) is 35.2 Å². The summed E-state index contributed by atoms with van der Waals surface area (Å²) in [6.45, 7) is 1.95. The molecule has 1 aliphatic heterocycles. The van der Waals surface area contributed by atoms with Gasteiger partial charge in [0.05, 0.1) is 31.1 Å². The second-order valence-electron chi connectivity index (χ2n) is 12.0. The number of likely N-dealkylation sites (tertiary alicyclic amines) is 1. The van der Waals surface area contributed by atoms with E-state index in [-0.39, 0.29) is 29.7 Å². The van der Waals surface area contributed by atoms with Crippen LogP contribution in [-0.2, 0) is 22.6 Å². The minimum absolute atomic E-state index is 0.0213. The second-order valence-corrected chi connectivity index (χ2v) is 12.0. The number of hydrogen-bond acceptors (Lipinski definition) is 10. The number of aliphatic hydroxyl groups is 3. The monoisotopic (exact) mass is 581 g/mol. The lowest BCUT2D eigenvalue weighted by Crippen LogP contribution is -2.60. The number of carbonyl (C=O) groups is 3. The number of aliphatic hydroxyl groups excluding tert-OH is 2. The van der Waals surface area contributed by atoms with Gasteiger partial charge in [-0.05, 0) is 82.0 Å². The van der Waals surface area contributed by atoms with Gasteiger partial charge in [0.1, 0.15) is 11.5 Å². The molecule has 4 atom stereocenters. The van der Waals surface area contributed by atoms with Gasteiger partial charge in [-0.15, -0.1) is 0 Å². The van der Waals surface area contributed by atoms with Crippen LogP contribution in [0.2, 0.25) is 0 Å². The van der Waals surface area contributed by atoms with Gasteiger partial charge < -0.3 is 35.5 Å². The number of aromatic hydroxyl groups is 1. The maximum atomic E-state index is 14.3. The predicted octanol–water partition coefficient (Wildman–Crippen LogP) is 1.92. The fourth-order valence-corrected chi connectivity index (χ4v) is 7.13. The van der Waals surface area contributed by atoms with E-state index in [1.54, 1.807) is 25.1 Å². The van der Waals surface area contributed by atoms with Crippen molar-refractivity contribution >= 4 is 17.5 Å². The molecule has 0 bridgehead atoms. The first kappa shape index (κ1) is 30.0. The topological polar surface area (TPSA) is 178 Å². The zero-order valence-electron chi connectivity index (χ0n) is 24.0. The number of amides is 1. The zero-order chi connectivity index (χ0) is 30.3. The molecule has 1 aromatic carbocycles. The number of likely N-dealkylation sites (N-methyl/N-ethyl adjacent to an activating group) is 1. The number of primary amides is 1. The van der Waals surface area contributed by atoms with E-state index in [4.69, 9.17) is 10.2 Å². The van der Waals surface area contributed by atoms with Gasteiger partial charge in [-0.2, -0.15) is 0 Å². The van der Waals surface area contributed by atoms with Gasteiger partial charge in [0.15, 0.2) is 17.2 Å². The third kappa shape index (κ3) is 5.04. The summed E-state index contributed by atoms with van der Waals surface area (Å²) in [5.41, 5.74) is 5.02. The smallest absolute Gasteiger partial charge is 0.225 e. The van der Waals surface area contributed by atoms with Crippen molar-refractivity contribution in [3.8, 4) is 16.9 Å². The molecule has 11 heteroatoms. The number of nitrogens with zero attached hydrogens (tertiary/aromatic N) is 2. The lowest BCUT2D eigenvalue weighted by atomic mass is 9.61. The molecule has 1 amide bonds. The molecule has 3 aliphatic rings. The van der Waals surface area contributed by atoms with Crippen molar-refractivity contribution in [1.29, 1.82) is 0 Å². The molecule has 1 saturated heterocycles. The molecule has 0 radical (unpaired) electrons. The van der Waals surface area contributed by atoms with Crippen LogP contribution in [0.25, 0.3) is 11.1 Å². The number of furan rings is 1. The summed E-state index contributed by atoms with van der Waals surface area (Å²) >= 11 is 0. The largest absolute Gasteiger partial charge is 0.508 e. The van der Waals surface area contributed by atoms with Gasteiger partial charge in [0.2, 0.25) is 5.91 Å². The van der Waals surface area contributed by atoms with E-state index in [9.17, 15) is 34.8 Å². The number of benzene rings is 1. The third-order valence-electron chi connectivity index (χ3n) is 9.27. The lowest BCUT2D eigenvalue weighted by molar-refractivity contribution is -0.151. The van der Waals surface area contributed by atoms with Crippen molar-refractivity contribution < 1.29 is 39.2 Å². The first-order chi connectivity index (χ1) is 20.0. The summed E-state index contributed by atoms with van der Waals surface area (Å²) in [7, 11) is 3.34. The molecule has 1 fully saturated rings. The van der Waals surface area contributed by atoms with Crippen molar-refractivity contribution in [3.05, 3.63) is 52.7 Å². The van der Waals surface area contributed by atoms with Crippen LogP contribution in [0.15, 0.2) is 40.4 Å². The number of carbonyl (C=O) groups excluding carboxylic acids is 3. The summed E-state index contributed by atoms with van der Waals surface area (Å²) in [6, 6.07) is 2.79. The Morgan fingerprint density at radius 3 is 2.52 bits per heavy atom. The number of phenols is 1.